The van der Waals surface area contributed by atoms with Gasteiger partial charge in [-0.2, -0.15) is 16.6 Å². The van der Waals surface area contributed by atoms with E-state index >= 15 is 0 Å². The van der Waals surface area contributed by atoms with Crippen molar-refractivity contribution in [2.24, 2.45) is 0 Å². The van der Waals surface area contributed by atoms with E-state index in [2.05, 4.69) is 11.4 Å². The maximum atomic E-state index is 13.2. The van der Waals surface area contributed by atoms with E-state index in [4.69, 9.17) is 0 Å². The first-order chi connectivity index (χ1) is 12.8. The van der Waals surface area contributed by atoms with Gasteiger partial charge in [0, 0.05) is 28.6 Å². The predicted octanol–water partition coefficient (Wildman–Crippen LogP) is 5.10. The van der Waals surface area contributed by atoms with Gasteiger partial charge in [0.2, 0.25) is 0 Å². The Kier molecular flexibility index (Phi) is 4.22. The van der Waals surface area contributed by atoms with Crippen LogP contribution in [0.15, 0.2) is 88.5 Å². The summed E-state index contributed by atoms with van der Waals surface area (Å²) in [5.74, 6) is 0. The number of thiophene rings is 1. The van der Waals surface area contributed by atoms with Gasteiger partial charge in [0.1, 0.15) is 0 Å². The smallest absolute Gasteiger partial charge is 0.263 e. The second kappa shape index (κ2) is 6.83. The highest BCUT2D eigenvalue weighted by Crippen LogP contribution is 2.28. The summed E-state index contributed by atoms with van der Waals surface area (Å²) < 4.78 is 1.65. The molecule has 3 nitrogen and oxygen atoms in total. The van der Waals surface area contributed by atoms with Crippen LogP contribution in [0.4, 0.5) is 0 Å². The number of benzene rings is 2. The molecule has 4 rings (SSSR count). The molecule has 0 aliphatic heterocycles. The Hall–Kier alpha value is -3.42. The second-order valence-electron chi connectivity index (χ2n) is 5.82. The van der Waals surface area contributed by atoms with Crippen LogP contribution in [0.1, 0.15) is 5.56 Å². The molecule has 0 fully saturated rings. The molecule has 4 heteroatoms. The number of pyridine rings is 1. The van der Waals surface area contributed by atoms with Crippen LogP contribution in [0.5, 0.6) is 0 Å². The third kappa shape index (κ3) is 2.85. The summed E-state index contributed by atoms with van der Waals surface area (Å²) in [6, 6.07) is 22.8. The first kappa shape index (κ1) is 16.1. The molecule has 0 aliphatic carbocycles. The molecule has 0 unspecified atom stereocenters. The molecule has 0 radical (unpaired) electrons. The first-order valence-corrected chi connectivity index (χ1v) is 9.06. The van der Waals surface area contributed by atoms with E-state index in [0.717, 1.165) is 16.8 Å². The van der Waals surface area contributed by atoms with E-state index in [1.807, 2.05) is 66.2 Å². The number of nitriles is 1. The minimum atomic E-state index is -0.141. The topological polar surface area (TPSA) is 45.8 Å². The summed E-state index contributed by atoms with van der Waals surface area (Å²) in [4.78, 5) is 13.2. The van der Waals surface area contributed by atoms with Crippen LogP contribution in [0.25, 0.3) is 27.9 Å². The molecule has 0 N–H and O–H groups in total. The summed E-state index contributed by atoms with van der Waals surface area (Å²) in [5.41, 5.74) is 4.32. The molecular formula is C22H14N2OS. The number of hydrogen-bond donors (Lipinski definition) is 0. The molecule has 2 heterocycles. The fraction of sp³-hybridized carbons (Fsp3) is 0. The van der Waals surface area contributed by atoms with Crippen molar-refractivity contribution < 1.29 is 0 Å². The number of hydrogen-bond acceptors (Lipinski definition) is 3. The Morgan fingerprint density at radius 3 is 2.38 bits per heavy atom. The van der Waals surface area contributed by atoms with Crippen LogP contribution >= 0.6 is 11.3 Å². The molecule has 124 valence electrons. The molecule has 0 atom stereocenters. The lowest BCUT2D eigenvalue weighted by atomic mass is 9.99. The van der Waals surface area contributed by atoms with Gasteiger partial charge in [-0.1, -0.05) is 36.4 Å². The zero-order chi connectivity index (χ0) is 17.9. The lowest BCUT2D eigenvalue weighted by Gasteiger charge is -2.12. The molecule has 0 saturated heterocycles. The molecule has 0 saturated carbocycles. The van der Waals surface area contributed by atoms with E-state index in [0.29, 0.717) is 16.7 Å². The third-order valence-electron chi connectivity index (χ3n) is 4.24. The van der Waals surface area contributed by atoms with E-state index < -0.39 is 0 Å². The predicted molar refractivity (Wildman–Crippen MR) is 106 cm³/mol. The summed E-state index contributed by atoms with van der Waals surface area (Å²) in [5, 5.41) is 13.5. The molecule has 0 amide bonds. The molecule has 4 aromatic rings. The highest BCUT2D eigenvalue weighted by Gasteiger charge is 2.14. The molecule has 0 bridgehead atoms. The van der Waals surface area contributed by atoms with E-state index in [1.54, 1.807) is 28.0 Å². The fourth-order valence-electron chi connectivity index (χ4n) is 2.96. The van der Waals surface area contributed by atoms with E-state index in [1.165, 1.54) is 0 Å². The van der Waals surface area contributed by atoms with Gasteiger partial charge in [-0.15, -0.1) is 0 Å². The first-order valence-electron chi connectivity index (χ1n) is 8.12. The quantitative estimate of drug-likeness (QED) is 0.513. The van der Waals surface area contributed by atoms with Crippen LogP contribution in [-0.4, -0.2) is 4.57 Å². The Morgan fingerprint density at radius 1 is 0.885 bits per heavy atom. The zero-order valence-electron chi connectivity index (χ0n) is 13.8. The van der Waals surface area contributed by atoms with Crippen LogP contribution in [0.3, 0.4) is 0 Å². The summed E-state index contributed by atoms with van der Waals surface area (Å²) in [6.45, 7) is 0. The number of rotatable bonds is 3. The summed E-state index contributed by atoms with van der Waals surface area (Å²) in [7, 11) is 0. The molecule has 2 aromatic carbocycles. The molecule has 2 aromatic heterocycles. The van der Waals surface area contributed by atoms with Crippen molar-refractivity contribution in [1.29, 1.82) is 5.26 Å². The van der Waals surface area contributed by atoms with Gasteiger partial charge in [0.05, 0.1) is 11.6 Å². The van der Waals surface area contributed by atoms with Crippen LogP contribution < -0.4 is 5.56 Å². The van der Waals surface area contributed by atoms with Crippen molar-refractivity contribution in [3.63, 3.8) is 0 Å². The highest BCUT2D eigenvalue weighted by molar-refractivity contribution is 7.08. The summed E-state index contributed by atoms with van der Waals surface area (Å²) in [6.07, 6.45) is 1.86. The number of nitrogens with zero attached hydrogens (tertiary/aromatic N) is 2. The maximum Gasteiger partial charge on any atom is 0.263 e. The van der Waals surface area contributed by atoms with Gasteiger partial charge in [-0.25, -0.2) is 0 Å². The van der Waals surface area contributed by atoms with Crippen molar-refractivity contribution in [2.75, 3.05) is 0 Å². The fourth-order valence-corrected chi connectivity index (χ4v) is 3.62. The van der Waals surface area contributed by atoms with Gasteiger partial charge >= 0.3 is 0 Å². The Labute approximate surface area is 155 Å². The number of aromatic nitrogens is 1. The Balaban J connectivity index is 2.04. The van der Waals surface area contributed by atoms with Gasteiger partial charge in [-0.3, -0.25) is 9.36 Å². The summed E-state index contributed by atoms with van der Waals surface area (Å²) >= 11 is 1.61. The Morgan fingerprint density at radius 2 is 1.65 bits per heavy atom. The van der Waals surface area contributed by atoms with Crippen molar-refractivity contribution in [3.8, 4) is 34.0 Å². The largest absolute Gasteiger partial charge is 0.283 e. The van der Waals surface area contributed by atoms with Crippen molar-refractivity contribution >= 4 is 11.3 Å². The lowest BCUT2D eigenvalue weighted by Crippen LogP contribution is -2.20. The van der Waals surface area contributed by atoms with Crippen molar-refractivity contribution in [2.45, 2.75) is 0 Å². The lowest BCUT2D eigenvalue weighted by molar-refractivity contribution is 0.995. The Bertz CT molecular complexity index is 1150. The van der Waals surface area contributed by atoms with Gasteiger partial charge in [-0.05, 0) is 46.7 Å². The molecular weight excluding hydrogens is 340 g/mol. The molecule has 0 aliphatic rings. The maximum absolute atomic E-state index is 13.2. The second-order valence-corrected chi connectivity index (χ2v) is 6.60. The van der Waals surface area contributed by atoms with E-state index in [-0.39, 0.29) is 5.56 Å². The van der Waals surface area contributed by atoms with Gasteiger partial charge in [0.15, 0.2) is 0 Å². The van der Waals surface area contributed by atoms with Crippen molar-refractivity contribution in [3.05, 3.63) is 99.6 Å². The normalized spacial score (nSPS) is 10.4. The highest BCUT2D eigenvalue weighted by atomic mass is 32.1. The third-order valence-corrected chi connectivity index (χ3v) is 4.93. The van der Waals surface area contributed by atoms with E-state index in [9.17, 15) is 10.1 Å². The monoisotopic (exact) mass is 354 g/mol. The zero-order valence-corrected chi connectivity index (χ0v) is 14.6. The van der Waals surface area contributed by atoms with Gasteiger partial charge in [0.25, 0.3) is 5.56 Å². The number of para-hydroxylation sites is 1. The molecule has 26 heavy (non-hydrogen) atoms. The van der Waals surface area contributed by atoms with Crippen molar-refractivity contribution in [1.82, 2.24) is 4.57 Å². The van der Waals surface area contributed by atoms with Crippen LogP contribution in [0.2, 0.25) is 0 Å². The average molecular weight is 354 g/mol. The van der Waals surface area contributed by atoms with Crippen LogP contribution in [-0.2, 0) is 0 Å². The molecule has 0 spiro atoms. The average Bonchev–Trinajstić information content (AvgIpc) is 3.24. The van der Waals surface area contributed by atoms with Crippen LogP contribution in [0, 0.1) is 11.3 Å². The minimum absolute atomic E-state index is 0.141. The minimum Gasteiger partial charge on any atom is -0.283 e. The van der Waals surface area contributed by atoms with Gasteiger partial charge < -0.3 is 0 Å². The SMILES string of the molecule is N#Cc1ccccc1-c1cc(-c2ccsc2)cn(-c2ccccc2)c1=O. The standard InChI is InChI=1S/C22H14N2OS/c23-13-16-6-4-5-9-20(16)21-12-18(17-10-11-26-15-17)14-24(22(21)25)19-7-2-1-3-8-19/h1-12,14-15H.